The van der Waals surface area contributed by atoms with Crippen molar-refractivity contribution >= 4 is 5.97 Å². The number of carboxylic acid groups (broad SMARTS) is 1. The van der Waals surface area contributed by atoms with Gasteiger partial charge >= 0.3 is 12.0 Å². The van der Waals surface area contributed by atoms with Crippen molar-refractivity contribution < 1.29 is 19.4 Å². The molecule has 1 saturated carbocycles. The summed E-state index contributed by atoms with van der Waals surface area (Å²) in [5.41, 5.74) is 0.252. The van der Waals surface area contributed by atoms with Crippen LogP contribution in [0.5, 0.6) is 11.9 Å². The maximum Gasteiger partial charge on any atom is 0.319 e. The molecule has 0 radical (unpaired) electrons. The maximum absolute atomic E-state index is 11.7. The second kappa shape index (κ2) is 6.28. The third-order valence-corrected chi connectivity index (χ3v) is 4.36. The number of nitrogens with zero attached hydrogens (tertiary/aromatic N) is 2. The topological polar surface area (TPSA) is 81.5 Å². The Balaban J connectivity index is 2.26. The Bertz CT molecular complexity index is 520. The zero-order chi connectivity index (χ0) is 15.5. The molecule has 0 aliphatic heterocycles. The van der Waals surface area contributed by atoms with Gasteiger partial charge in [0.25, 0.3) is 0 Å². The maximum atomic E-state index is 11.7. The summed E-state index contributed by atoms with van der Waals surface area (Å²) in [4.78, 5) is 20.0. The Labute approximate surface area is 124 Å². The lowest BCUT2D eigenvalue weighted by atomic mass is 9.80. The molecule has 1 N–H and O–H groups in total. The molecule has 1 heterocycles. The number of methoxy groups -OCH3 is 2. The Hall–Kier alpha value is -1.85. The third kappa shape index (κ3) is 2.94. The normalized spacial score (nSPS) is 24.8. The van der Waals surface area contributed by atoms with Crippen molar-refractivity contribution in [3.8, 4) is 11.9 Å². The van der Waals surface area contributed by atoms with Crippen LogP contribution < -0.4 is 9.47 Å². The first-order valence-electron chi connectivity index (χ1n) is 7.24. The van der Waals surface area contributed by atoms with Gasteiger partial charge in [-0.3, -0.25) is 4.79 Å². The number of hydrogen-bond acceptors (Lipinski definition) is 5. The minimum atomic E-state index is -0.694. The predicted molar refractivity (Wildman–Crippen MR) is 76.7 cm³/mol. The van der Waals surface area contributed by atoms with Crippen molar-refractivity contribution in [3.63, 3.8) is 0 Å². The van der Waals surface area contributed by atoms with Gasteiger partial charge in [0.1, 0.15) is 0 Å². The summed E-state index contributed by atoms with van der Waals surface area (Å²) in [6, 6.07) is 0.256. The van der Waals surface area contributed by atoms with Gasteiger partial charge in [0.2, 0.25) is 5.88 Å². The van der Waals surface area contributed by atoms with Gasteiger partial charge in [0, 0.05) is 11.8 Å². The van der Waals surface area contributed by atoms with Crippen molar-refractivity contribution in [1.82, 2.24) is 9.97 Å². The average molecular weight is 294 g/mol. The minimum absolute atomic E-state index is 0.119. The van der Waals surface area contributed by atoms with Gasteiger partial charge in [-0.15, -0.1) is 0 Å². The molecular formula is C15H22N2O4. The lowest BCUT2D eigenvalue weighted by Crippen LogP contribution is -2.27. The zero-order valence-corrected chi connectivity index (χ0v) is 12.8. The molecule has 2 rings (SSSR count). The number of carbonyl (C=O) groups is 1. The number of rotatable bonds is 6. The molecule has 21 heavy (non-hydrogen) atoms. The van der Waals surface area contributed by atoms with Crippen molar-refractivity contribution in [2.75, 3.05) is 14.2 Å². The van der Waals surface area contributed by atoms with Crippen LogP contribution in [0.2, 0.25) is 0 Å². The van der Waals surface area contributed by atoms with Gasteiger partial charge in [0.05, 0.1) is 19.6 Å². The standard InChI is InChI=1S/C15H22N2O4/c1-4-6-15(13(18)19)7-5-10(8-15)11-9-16-14(21-3)17-12(11)20-2/h9-10H,4-8H2,1-3H3,(H,18,19). The van der Waals surface area contributed by atoms with E-state index >= 15 is 0 Å². The van der Waals surface area contributed by atoms with E-state index in [1.807, 2.05) is 6.92 Å². The highest BCUT2D eigenvalue weighted by Gasteiger charge is 2.45. The minimum Gasteiger partial charge on any atom is -0.481 e. The summed E-state index contributed by atoms with van der Waals surface area (Å²) >= 11 is 0. The molecule has 2 unspecified atom stereocenters. The summed E-state index contributed by atoms with van der Waals surface area (Å²) in [6.07, 6.45) is 5.39. The van der Waals surface area contributed by atoms with Crippen LogP contribution in [0.25, 0.3) is 0 Å². The van der Waals surface area contributed by atoms with E-state index in [1.165, 1.54) is 7.11 Å². The third-order valence-electron chi connectivity index (χ3n) is 4.36. The van der Waals surface area contributed by atoms with Crippen LogP contribution in [-0.2, 0) is 4.79 Å². The van der Waals surface area contributed by atoms with Crippen LogP contribution in [0.3, 0.4) is 0 Å². The first-order valence-corrected chi connectivity index (χ1v) is 7.24. The number of ether oxygens (including phenoxy) is 2. The Morgan fingerprint density at radius 2 is 2.24 bits per heavy atom. The quantitative estimate of drug-likeness (QED) is 0.868. The molecule has 6 heteroatoms. The van der Waals surface area contributed by atoms with E-state index in [1.54, 1.807) is 13.3 Å². The molecule has 0 amide bonds. The predicted octanol–water partition coefficient (Wildman–Crippen LogP) is 2.63. The number of hydrogen-bond donors (Lipinski definition) is 1. The monoisotopic (exact) mass is 294 g/mol. The first-order chi connectivity index (χ1) is 10.1. The molecule has 1 aliphatic carbocycles. The van der Waals surface area contributed by atoms with Crippen molar-refractivity contribution in [1.29, 1.82) is 0 Å². The highest BCUT2D eigenvalue weighted by atomic mass is 16.5. The molecule has 1 fully saturated rings. The molecule has 1 aromatic heterocycles. The van der Waals surface area contributed by atoms with E-state index in [2.05, 4.69) is 9.97 Å². The molecule has 116 valence electrons. The summed E-state index contributed by atoms with van der Waals surface area (Å²) < 4.78 is 10.3. The number of carboxylic acids is 1. The summed E-state index contributed by atoms with van der Waals surface area (Å²) in [7, 11) is 3.05. The van der Waals surface area contributed by atoms with Crippen LogP contribution >= 0.6 is 0 Å². The molecule has 1 aromatic rings. The second-order valence-electron chi connectivity index (χ2n) is 5.60. The van der Waals surface area contributed by atoms with E-state index in [9.17, 15) is 9.90 Å². The lowest BCUT2D eigenvalue weighted by Gasteiger charge is -2.24. The highest BCUT2D eigenvalue weighted by molar-refractivity contribution is 5.75. The fourth-order valence-corrected chi connectivity index (χ4v) is 3.30. The summed E-state index contributed by atoms with van der Waals surface area (Å²) in [5.74, 6) is -0.0988. The molecule has 0 spiro atoms. The number of aromatic nitrogens is 2. The highest BCUT2D eigenvalue weighted by Crippen LogP contribution is 2.50. The van der Waals surface area contributed by atoms with Gasteiger partial charge in [0.15, 0.2) is 0 Å². The molecule has 6 nitrogen and oxygen atoms in total. The van der Waals surface area contributed by atoms with Gasteiger partial charge in [-0.1, -0.05) is 13.3 Å². The molecule has 0 saturated heterocycles. The average Bonchev–Trinajstić information content (AvgIpc) is 2.92. The molecule has 0 bridgehead atoms. The molecule has 0 aromatic carbocycles. The van der Waals surface area contributed by atoms with E-state index in [-0.39, 0.29) is 11.9 Å². The van der Waals surface area contributed by atoms with E-state index in [0.29, 0.717) is 25.1 Å². The van der Waals surface area contributed by atoms with Gasteiger partial charge in [-0.25, -0.2) is 4.98 Å². The Morgan fingerprint density at radius 1 is 1.48 bits per heavy atom. The van der Waals surface area contributed by atoms with Crippen molar-refractivity contribution in [2.24, 2.45) is 5.41 Å². The summed E-state index contributed by atoms with van der Waals surface area (Å²) in [6.45, 7) is 2.02. The van der Waals surface area contributed by atoms with Crippen LogP contribution in [0.15, 0.2) is 6.20 Å². The first kappa shape index (κ1) is 15.5. The largest absolute Gasteiger partial charge is 0.481 e. The molecule has 1 aliphatic rings. The fraction of sp³-hybridized carbons (Fsp3) is 0.667. The van der Waals surface area contributed by atoms with Gasteiger partial charge in [-0.2, -0.15) is 4.98 Å². The fourth-order valence-electron chi connectivity index (χ4n) is 3.30. The molecule has 2 atom stereocenters. The van der Waals surface area contributed by atoms with Crippen LogP contribution in [0.4, 0.5) is 0 Å². The lowest BCUT2D eigenvalue weighted by molar-refractivity contribution is -0.149. The van der Waals surface area contributed by atoms with E-state index in [0.717, 1.165) is 18.4 Å². The zero-order valence-electron chi connectivity index (χ0n) is 12.8. The molecular weight excluding hydrogens is 272 g/mol. The van der Waals surface area contributed by atoms with Crippen molar-refractivity contribution in [2.45, 2.75) is 44.9 Å². The van der Waals surface area contributed by atoms with Crippen LogP contribution in [0.1, 0.15) is 50.5 Å². The van der Waals surface area contributed by atoms with Crippen LogP contribution in [0, 0.1) is 5.41 Å². The SMILES string of the molecule is CCCC1(C(=O)O)CCC(c2cnc(OC)nc2OC)C1. The summed E-state index contributed by atoms with van der Waals surface area (Å²) in [5, 5.41) is 9.59. The van der Waals surface area contributed by atoms with Gasteiger partial charge < -0.3 is 14.6 Å². The van der Waals surface area contributed by atoms with Crippen molar-refractivity contribution in [3.05, 3.63) is 11.8 Å². The van der Waals surface area contributed by atoms with E-state index in [4.69, 9.17) is 9.47 Å². The van der Waals surface area contributed by atoms with Gasteiger partial charge in [-0.05, 0) is 31.6 Å². The van der Waals surface area contributed by atoms with E-state index < -0.39 is 11.4 Å². The smallest absolute Gasteiger partial charge is 0.319 e. The Kier molecular flexibility index (Phi) is 4.65. The Morgan fingerprint density at radius 3 is 2.81 bits per heavy atom. The number of aliphatic carboxylic acids is 1. The second-order valence-corrected chi connectivity index (χ2v) is 5.60. The van der Waals surface area contributed by atoms with Crippen LogP contribution in [-0.4, -0.2) is 35.3 Å².